The van der Waals surface area contributed by atoms with Crippen LogP contribution in [-0.4, -0.2) is 26.4 Å². The van der Waals surface area contributed by atoms with Gasteiger partial charge in [0.2, 0.25) is 0 Å². The number of hydrogen-bond acceptors (Lipinski definition) is 4. The van der Waals surface area contributed by atoms with Crippen molar-refractivity contribution in [1.82, 2.24) is 9.13 Å². The lowest BCUT2D eigenvalue weighted by molar-refractivity contribution is -0.137. The number of hydrogen-bond donors (Lipinski definition) is 1. The molecule has 0 saturated heterocycles. The lowest BCUT2D eigenvalue weighted by Gasteiger charge is -2.12. The van der Waals surface area contributed by atoms with E-state index in [1.54, 1.807) is 20.3 Å². The van der Waals surface area contributed by atoms with E-state index in [0.29, 0.717) is 16.9 Å². The van der Waals surface area contributed by atoms with Gasteiger partial charge in [0.15, 0.2) is 0 Å². The van der Waals surface area contributed by atoms with Gasteiger partial charge in [-0.15, -0.1) is 0 Å². The van der Waals surface area contributed by atoms with Crippen LogP contribution in [0.1, 0.15) is 38.2 Å². The molecule has 0 aliphatic carbocycles. The number of carboxylic acids is 1. The molecule has 22 heavy (non-hydrogen) atoms. The van der Waals surface area contributed by atoms with Crippen molar-refractivity contribution in [3.63, 3.8) is 0 Å². The second-order valence-corrected chi connectivity index (χ2v) is 5.77. The molecule has 1 rings (SSSR count). The molecule has 1 N–H and O–H groups in total. The van der Waals surface area contributed by atoms with E-state index in [1.165, 1.54) is 9.13 Å². The first-order valence-corrected chi connectivity index (χ1v) is 7.73. The van der Waals surface area contributed by atoms with Gasteiger partial charge in [0, 0.05) is 32.3 Å². The van der Waals surface area contributed by atoms with E-state index in [-0.39, 0.29) is 18.0 Å². The summed E-state index contributed by atoms with van der Waals surface area (Å²) in [7, 11) is 3.31. The molecule has 7 heteroatoms. The zero-order valence-electron chi connectivity index (χ0n) is 13.5. The number of aliphatic carboxylic acids is 1. The Balaban J connectivity index is 3.00. The third-order valence-corrected chi connectivity index (χ3v) is 4.33. The first-order chi connectivity index (χ1) is 10.3. The summed E-state index contributed by atoms with van der Waals surface area (Å²) in [6.45, 7) is 3.88. The second kappa shape index (κ2) is 8.03. The van der Waals surface area contributed by atoms with E-state index < -0.39 is 5.97 Å². The van der Waals surface area contributed by atoms with E-state index in [0.717, 1.165) is 18.4 Å². The molecule has 0 spiro atoms. The molecule has 1 heterocycles. The first kappa shape index (κ1) is 18.3. The van der Waals surface area contributed by atoms with Crippen LogP contribution >= 0.6 is 12.2 Å². The number of aliphatic imine (C=N–C) groups is 1. The molecular formula is C15H23N3O3S. The highest BCUT2D eigenvalue weighted by atomic mass is 32.1. The van der Waals surface area contributed by atoms with Gasteiger partial charge < -0.3 is 5.11 Å². The van der Waals surface area contributed by atoms with Crippen molar-refractivity contribution >= 4 is 30.2 Å². The van der Waals surface area contributed by atoms with Crippen LogP contribution in [0.3, 0.4) is 0 Å². The second-order valence-electron chi connectivity index (χ2n) is 5.39. The van der Waals surface area contributed by atoms with E-state index in [1.807, 2.05) is 13.8 Å². The Morgan fingerprint density at radius 2 is 2.05 bits per heavy atom. The Hall–Kier alpha value is -1.76. The molecule has 0 aliphatic rings. The van der Waals surface area contributed by atoms with Crippen LogP contribution in [-0.2, 0) is 18.9 Å². The van der Waals surface area contributed by atoms with E-state index in [4.69, 9.17) is 17.3 Å². The lowest BCUT2D eigenvalue weighted by Crippen LogP contribution is -2.28. The molecule has 0 aromatic carbocycles. The van der Waals surface area contributed by atoms with Crippen LogP contribution in [0.5, 0.6) is 0 Å². The van der Waals surface area contributed by atoms with E-state index in [9.17, 15) is 9.59 Å². The Bertz CT molecular complexity index is 651. The van der Waals surface area contributed by atoms with Crippen molar-refractivity contribution in [3.8, 4) is 0 Å². The topological polar surface area (TPSA) is 76.6 Å². The van der Waals surface area contributed by atoms with Gasteiger partial charge in [-0.3, -0.25) is 13.9 Å². The number of aromatic nitrogens is 2. The minimum Gasteiger partial charge on any atom is -0.481 e. The largest absolute Gasteiger partial charge is 0.481 e. The summed E-state index contributed by atoms with van der Waals surface area (Å²) >= 11 is 5.25. The first-order valence-electron chi connectivity index (χ1n) is 7.32. The predicted molar refractivity (Wildman–Crippen MR) is 89.6 cm³/mol. The van der Waals surface area contributed by atoms with Gasteiger partial charge >= 0.3 is 11.7 Å². The van der Waals surface area contributed by atoms with Gasteiger partial charge in [0.05, 0.1) is 0 Å². The van der Waals surface area contributed by atoms with Crippen LogP contribution < -0.4 is 5.69 Å². The summed E-state index contributed by atoms with van der Waals surface area (Å²) in [4.78, 5) is 27.1. The molecule has 1 aromatic heterocycles. The SMILES string of the molecule is CCC(C=Nc1c(C)c(=S)n(C)c(=O)n1C)CCCC(=O)O. The normalized spacial score (nSPS) is 12.7. The van der Waals surface area contributed by atoms with Crippen LogP contribution in [0.25, 0.3) is 0 Å². The average Bonchev–Trinajstić information content (AvgIpc) is 2.48. The third-order valence-electron chi connectivity index (χ3n) is 3.75. The lowest BCUT2D eigenvalue weighted by atomic mass is 10.0. The van der Waals surface area contributed by atoms with Crippen LogP contribution in [0.15, 0.2) is 9.79 Å². The minimum atomic E-state index is -0.781. The predicted octanol–water partition coefficient (Wildman–Crippen LogP) is 2.75. The summed E-state index contributed by atoms with van der Waals surface area (Å²) in [6.07, 6.45) is 4.23. The Labute approximate surface area is 135 Å². The van der Waals surface area contributed by atoms with Crippen molar-refractivity contribution in [3.05, 3.63) is 20.7 Å². The maximum Gasteiger partial charge on any atom is 0.330 e. The highest BCUT2D eigenvalue weighted by Crippen LogP contribution is 2.18. The number of carbonyl (C=O) groups is 1. The molecule has 1 atom stereocenters. The zero-order chi connectivity index (χ0) is 16.9. The molecule has 0 radical (unpaired) electrons. The van der Waals surface area contributed by atoms with Gasteiger partial charge in [-0.1, -0.05) is 19.1 Å². The molecule has 0 aliphatic heterocycles. The van der Waals surface area contributed by atoms with Gasteiger partial charge in [0.25, 0.3) is 0 Å². The summed E-state index contributed by atoms with van der Waals surface area (Å²) in [5, 5.41) is 8.68. The van der Waals surface area contributed by atoms with Crippen molar-refractivity contribution < 1.29 is 9.90 Å². The smallest absolute Gasteiger partial charge is 0.330 e. The van der Waals surface area contributed by atoms with Crippen molar-refractivity contribution in [2.75, 3.05) is 0 Å². The summed E-state index contributed by atoms with van der Waals surface area (Å²) < 4.78 is 3.38. The fraction of sp³-hybridized carbons (Fsp3) is 0.600. The van der Waals surface area contributed by atoms with Crippen LogP contribution in [0.4, 0.5) is 5.82 Å². The highest BCUT2D eigenvalue weighted by molar-refractivity contribution is 7.71. The summed E-state index contributed by atoms with van der Waals surface area (Å²) in [6, 6.07) is 0. The third kappa shape index (κ3) is 4.37. The zero-order valence-corrected chi connectivity index (χ0v) is 14.3. The molecular weight excluding hydrogens is 302 g/mol. The summed E-state index contributed by atoms with van der Waals surface area (Å²) in [5.74, 6) is -0.0301. The number of rotatable bonds is 7. The molecule has 0 bridgehead atoms. The molecule has 0 saturated carbocycles. The van der Waals surface area contributed by atoms with Crippen LogP contribution in [0.2, 0.25) is 0 Å². The van der Waals surface area contributed by atoms with Gasteiger partial charge in [-0.2, -0.15) is 0 Å². The fourth-order valence-electron chi connectivity index (χ4n) is 2.26. The van der Waals surface area contributed by atoms with Crippen molar-refractivity contribution in [1.29, 1.82) is 0 Å². The molecule has 0 fully saturated rings. The average molecular weight is 325 g/mol. The number of nitrogens with zero attached hydrogens (tertiary/aromatic N) is 3. The Morgan fingerprint density at radius 1 is 1.41 bits per heavy atom. The van der Waals surface area contributed by atoms with Crippen molar-refractivity contribution in [2.24, 2.45) is 25.0 Å². The molecule has 122 valence electrons. The quantitative estimate of drug-likeness (QED) is 0.618. The van der Waals surface area contributed by atoms with Crippen LogP contribution in [0, 0.1) is 17.5 Å². The molecule has 1 unspecified atom stereocenters. The minimum absolute atomic E-state index is 0.166. The number of carboxylic acid groups (broad SMARTS) is 1. The fourth-order valence-corrected chi connectivity index (χ4v) is 2.43. The molecule has 6 nitrogen and oxygen atoms in total. The maximum atomic E-state index is 12.0. The van der Waals surface area contributed by atoms with Gasteiger partial charge in [-0.05, 0) is 32.1 Å². The Kier molecular flexibility index (Phi) is 6.67. The highest BCUT2D eigenvalue weighted by Gasteiger charge is 2.10. The van der Waals surface area contributed by atoms with Crippen molar-refractivity contribution in [2.45, 2.75) is 39.5 Å². The molecule has 0 amide bonds. The van der Waals surface area contributed by atoms with Gasteiger partial charge in [0.1, 0.15) is 10.5 Å². The van der Waals surface area contributed by atoms with E-state index in [2.05, 4.69) is 4.99 Å². The van der Waals surface area contributed by atoms with Gasteiger partial charge in [-0.25, -0.2) is 9.79 Å². The maximum absolute atomic E-state index is 12.0. The molecule has 1 aromatic rings. The Morgan fingerprint density at radius 3 is 2.59 bits per heavy atom. The summed E-state index contributed by atoms with van der Waals surface area (Å²) in [5.41, 5.74) is 0.581. The monoisotopic (exact) mass is 325 g/mol. The van der Waals surface area contributed by atoms with E-state index >= 15 is 0 Å². The standard InChI is InChI=1S/C15H23N3O3S/c1-5-11(7-6-8-12(19)20)9-16-13-10(2)14(22)18(4)15(21)17(13)3/h9,11H,5-8H2,1-4H3,(H,19,20).